The molecule has 0 heterocycles. The van der Waals surface area contributed by atoms with Crippen molar-refractivity contribution in [3.8, 4) is 0 Å². The third-order valence-corrected chi connectivity index (χ3v) is 3.34. The Morgan fingerprint density at radius 3 is 2.93 bits per heavy atom. The molecule has 1 aromatic rings. The molecule has 14 heavy (non-hydrogen) atoms. The first kappa shape index (κ1) is 11.6. The predicted molar refractivity (Wildman–Crippen MR) is 65.9 cm³/mol. The van der Waals surface area contributed by atoms with E-state index in [1.807, 2.05) is 31.4 Å². The molecule has 76 valence electrons. The van der Waals surface area contributed by atoms with Gasteiger partial charge in [-0.15, -0.1) is 0 Å². The second-order valence-electron chi connectivity index (χ2n) is 2.92. The minimum Gasteiger partial charge on any atom is -0.324 e. The number of carbonyl (C=O) groups is 1. The summed E-state index contributed by atoms with van der Waals surface area (Å²) in [7, 11) is 0. The molecule has 0 bridgehead atoms. The van der Waals surface area contributed by atoms with E-state index in [1.165, 1.54) is 11.8 Å². The Kier molecular flexibility index (Phi) is 4.48. The molecule has 0 saturated heterocycles. The lowest BCUT2D eigenvalue weighted by atomic mass is 10.2. The number of benzene rings is 1. The molecule has 0 fully saturated rings. The van der Waals surface area contributed by atoms with Crippen LogP contribution in [0.1, 0.15) is 5.56 Å². The Bertz CT molecular complexity index is 341. The molecule has 1 rings (SSSR count). The topological polar surface area (TPSA) is 29.1 Å². The minimum absolute atomic E-state index is 0.0313. The van der Waals surface area contributed by atoms with E-state index in [-0.39, 0.29) is 5.91 Å². The molecule has 0 aliphatic rings. The van der Waals surface area contributed by atoms with Crippen molar-refractivity contribution in [3.05, 3.63) is 28.2 Å². The highest BCUT2D eigenvalue weighted by Gasteiger charge is 2.05. The fraction of sp³-hybridized carbons (Fsp3) is 0.300. The van der Waals surface area contributed by atoms with Gasteiger partial charge in [-0.05, 0) is 40.7 Å². The molecule has 0 spiro atoms. The van der Waals surface area contributed by atoms with Gasteiger partial charge in [0.15, 0.2) is 0 Å². The van der Waals surface area contributed by atoms with Gasteiger partial charge in [0.05, 0.1) is 11.4 Å². The minimum atomic E-state index is 0.0313. The summed E-state index contributed by atoms with van der Waals surface area (Å²) in [5, 5.41) is 2.85. The zero-order valence-electron chi connectivity index (χ0n) is 8.13. The Balaban J connectivity index is 2.76. The maximum atomic E-state index is 11.3. The van der Waals surface area contributed by atoms with Crippen molar-refractivity contribution in [1.29, 1.82) is 0 Å². The summed E-state index contributed by atoms with van der Waals surface area (Å²) in [5.74, 6) is 0.518. The number of amides is 1. The van der Waals surface area contributed by atoms with Gasteiger partial charge in [0.1, 0.15) is 0 Å². The van der Waals surface area contributed by atoms with E-state index < -0.39 is 0 Å². The van der Waals surface area contributed by atoms with Gasteiger partial charge in [-0.2, -0.15) is 11.8 Å². The Morgan fingerprint density at radius 1 is 1.57 bits per heavy atom. The van der Waals surface area contributed by atoms with Crippen LogP contribution in [0.15, 0.2) is 22.7 Å². The highest BCUT2D eigenvalue weighted by molar-refractivity contribution is 9.10. The van der Waals surface area contributed by atoms with E-state index in [2.05, 4.69) is 21.2 Å². The Labute approximate surface area is 96.6 Å². The lowest BCUT2D eigenvalue weighted by Crippen LogP contribution is -2.14. The number of thioether (sulfide) groups is 1. The standard InChI is InChI=1S/C10H12BrNOS/c1-7-4-3-5-8(10(7)11)12-9(13)6-14-2/h3-5H,6H2,1-2H3,(H,12,13). The monoisotopic (exact) mass is 273 g/mol. The fourth-order valence-electron chi connectivity index (χ4n) is 1.06. The highest BCUT2D eigenvalue weighted by atomic mass is 79.9. The molecule has 0 saturated carbocycles. The van der Waals surface area contributed by atoms with E-state index in [0.29, 0.717) is 5.75 Å². The van der Waals surface area contributed by atoms with Crippen LogP contribution in [0.4, 0.5) is 5.69 Å². The van der Waals surface area contributed by atoms with E-state index in [9.17, 15) is 4.79 Å². The molecular formula is C10H12BrNOS. The number of anilines is 1. The number of carbonyl (C=O) groups excluding carboxylic acids is 1. The summed E-state index contributed by atoms with van der Waals surface area (Å²) in [6, 6.07) is 5.80. The summed E-state index contributed by atoms with van der Waals surface area (Å²) >= 11 is 4.95. The summed E-state index contributed by atoms with van der Waals surface area (Å²) in [4.78, 5) is 11.3. The second-order valence-corrected chi connectivity index (χ2v) is 4.58. The highest BCUT2D eigenvalue weighted by Crippen LogP contribution is 2.25. The van der Waals surface area contributed by atoms with Gasteiger partial charge < -0.3 is 5.32 Å². The van der Waals surface area contributed by atoms with Crippen molar-refractivity contribution in [2.24, 2.45) is 0 Å². The van der Waals surface area contributed by atoms with E-state index in [0.717, 1.165) is 15.7 Å². The van der Waals surface area contributed by atoms with E-state index in [1.54, 1.807) is 0 Å². The van der Waals surface area contributed by atoms with Gasteiger partial charge in [-0.1, -0.05) is 12.1 Å². The molecule has 2 nitrogen and oxygen atoms in total. The van der Waals surface area contributed by atoms with Crippen LogP contribution in [-0.4, -0.2) is 17.9 Å². The predicted octanol–water partition coefficient (Wildman–Crippen LogP) is 3.06. The molecule has 0 aliphatic carbocycles. The number of hydrogen-bond donors (Lipinski definition) is 1. The van der Waals surface area contributed by atoms with Crippen molar-refractivity contribution in [2.75, 3.05) is 17.3 Å². The summed E-state index contributed by atoms with van der Waals surface area (Å²) < 4.78 is 0.953. The maximum Gasteiger partial charge on any atom is 0.234 e. The van der Waals surface area contributed by atoms with E-state index >= 15 is 0 Å². The van der Waals surface area contributed by atoms with Crippen LogP contribution in [0.25, 0.3) is 0 Å². The number of nitrogens with one attached hydrogen (secondary N) is 1. The first-order valence-corrected chi connectivity index (χ1v) is 6.37. The first-order chi connectivity index (χ1) is 6.65. The average molecular weight is 274 g/mol. The van der Waals surface area contributed by atoms with Crippen LogP contribution in [0.3, 0.4) is 0 Å². The van der Waals surface area contributed by atoms with Crippen LogP contribution in [0.2, 0.25) is 0 Å². The van der Waals surface area contributed by atoms with Gasteiger partial charge >= 0.3 is 0 Å². The number of halogens is 1. The largest absolute Gasteiger partial charge is 0.324 e. The van der Waals surface area contributed by atoms with E-state index in [4.69, 9.17) is 0 Å². The molecule has 0 aliphatic heterocycles. The van der Waals surface area contributed by atoms with Crippen molar-refractivity contribution in [3.63, 3.8) is 0 Å². The molecule has 0 radical (unpaired) electrons. The summed E-state index contributed by atoms with van der Waals surface area (Å²) in [5.41, 5.74) is 1.95. The molecule has 0 aromatic heterocycles. The van der Waals surface area contributed by atoms with Crippen LogP contribution >= 0.6 is 27.7 Å². The average Bonchev–Trinajstić information content (AvgIpc) is 2.13. The number of rotatable bonds is 3. The third kappa shape index (κ3) is 3.03. The second kappa shape index (κ2) is 5.41. The SMILES string of the molecule is CSCC(=O)Nc1cccc(C)c1Br. The van der Waals surface area contributed by atoms with Gasteiger partial charge in [-0.25, -0.2) is 0 Å². The van der Waals surface area contributed by atoms with Gasteiger partial charge in [0.25, 0.3) is 0 Å². The maximum absolute atomic E-state index is 11.3. The molecule has 1 aromatic carbocycles. The Morgan fingerprint density at radius 2 is 2.29 bits per heavy atom. The van der Waals surface area contributed by atoms with Crippen LogP contribution in [0, 0.1) is 6.92 Å². The van der Waals surface area contributed by atoms with Crippen molar-refractivity contribution >= 4 is 39.3 Å². The first-order valence-electron chi connectivity index (χ1n) is 4.19. The summed E-state index contributed by atoms with van der Waals surface area (Å²) in [6.07, 6.45) is 1.91. The zero-order chi connectivity index (χ0) is 10.6. The molecular weight excluding hydrogens is 262 g/mol. The fourth-order valence-corrected chi connectivity index (χ4v) is 1.76. The molecule has 4 heteroatoms. The van der Waals surface area contributed by atoms with Crippen molar-refractivity contribution in [2.45, 2.75) is 6.92 Å². The molecule has 1 amide bonds. The van der Waals surface area contributed by atoms with Gasteiger partial charge in [-0.3, -0.25) is 4.79 Å². The summed E-state index contributed by atoms with van der Waals surface area (Å²) in [6.45, 7) is 1.99. The quantitative estimate of drug-likeness (QED) is 0.917. The van der Waals surface area contributed by atoms with Crippen molar-refractivity contribution < 1.29 is 4.79 Å². The Hall–Kier alpha value is -0.480. The zero-order valence-corrected chi connectivity index (χ0v) is 10.5. The van der Waals surface area contributed by atoms with Crippen molar-refractivity contribution in [1.82, 2.24) is 0 Å². The lowest BCUT2D eigenvalue weighted by Gasteiger charge is -2.08. The number of hydrogen-bond acceptors (Lipinski definition) is 2. The van der Waals surface area contributed by atoms with Crippen LogP contribution < -0.4 is 5.32 Å². The van der Waals surface area contributed by atoms with Gasteiger partial charge in [0, 0.05) is 4.47 Å². The molecule has 0 atom stereocenters. The third-order valence-electron chi connectivity index (χ3n) is 1.74. The van der Waals surface area contributed by atoms with Crippen LogP contribution in [0.5, 0.6) is 0 Å². The number of aryl methyl sites for hydroxylation is 1. The van der Waals surface area contributed by atoms with Gasteiger partial charge in [0.2, 0.25) is 5.91 Å². The van der Waals surface area contributed by atoms with Crippen LogP contribution in [-0.2, 0) is 4.79 Å². The molecule has 1 N–H and O–H groups in total. The lowest BCUT2D eigenvalue weighted by molar-refractivity contribution is -0.113. The normalized spacial score (nSPS) is 9.93. The molecule has 0 unspecified atom stereocenters. The smallest absolute Gasteiger partial charge is 0.234 e.